The van der Waals surface area contributed by atoms with Gasteiger partial charge in [-0.15, -0.1) is 0 Å². The van der Waals surface area contributed by atoms with Crippen molar-refractivity contribution in [3.63, 3.8) is 0 Å². The van der Waals surface area contributed by atoms with Crippen LogP contribution in [0.4, 0.5) is 0 Å². The second-order valence-electron chi connectivity index (χ2n) is 1.10. The van der Waals surface area contributed by atoms with Crippen LogP contribution in [-0.4, -0.2) is 20.8 Å². The molecule has 0 aliphatic carbocycles. The number of aromatic nitrogens is 2. The summed E-state index contributed by atoms with van der Waals surface area (Å²) in [4.78, 5) is 0. The minimum Gasteiger partial charge on any atom is -0.506 e. The van der Waals surface area contributed by atoms with Gasteiger partial charge in [-0.1, -0.05) is 0 Å². The molecule has 0 unspecified atom stereocenters. The molecule has 1 heterocycles. The van der Waals surface area contributed by atoms with Gasteiger partial charge in [0.2, 0.25) is 0 Å². The molecule has 1 aromatic heterocycles. The van der Waals surface area contributed by atoms with Crippen LogP contribution in [0, 0.1) is 0 Å². The average Bonchev–Trinajstić information content (AvgIpc) is 1.69. The highest BCUT2D eigenvalue weighted by atomic mass is 16.3. The summed E-state index contributed by atoms with van der Waals surface area (Å²) in [5, 5.41) is 15.3. The van der Waals surface area contributed by atoms with E-state index in [0.29, 0.717) is 0 Å². The molecule has 4 heteroatoms. The van der Waals surface area contributed by atoms with Crippen molar-refractivity contribution in [3.05, 3.63) is 18.5 Å². The SMILES string of the molecule is O.Oc1ccnnc1. The highest BCUT2D eigenvalue weighted by molar-refractivity contribution is 5.09. The standard InChI is InChI=1S/C4H4N2O.H2O/c7-4-1-2-5-6-3-4;/h1-3H,(H,5,7);1H2. The Hall–Kier alpha value is -1.16. The normalized spacial score (nSPS) is 7.50. The van der Waals surface area contributed by atoms with Crippen LogP contribution in [0.25, 0.3) is 0 Å². The van der Waals surface area contributed by atoms with Gasteiger partial charge in [-0.05, 0) is 0 Å². The first-order valence-electron chi connectivity index (χ1n) is 1.85. The van der Waals surface area contributed by atoms with Crippen LogP contribution < -0.4 is 0 Å². The van der Waals surface area contributed by atoms with Gasteiger partial charge >= 0.3 is 0 Å². The Kier molecular flexibility index (Phi) is 2.50. The van der Waals surface area contributed by atoms with Gasteiger partial charge in [-0.25, -0.2) is 0 Å². The summed E-state index contributed by atoms with van der Waals surface area (Å²) in [7, 11) is 0. The number of hydrogen-bond donors (Lipinski definition) is 1. The number of rotatable bonds is 0. The van der Waals surface area contributed by atoms with E-state index in [-0.39, 0.29) is 11.2 Å². The van der Waals surface area contributed by atoms with E-state index in [1.54, 1.807) is 0 Å². The molecule has 0 aliphatic heterocycles. The van der Waals surface area contributed by atoms with Crippen molar-refractivity contribution in [2.45, 2.75) is 0 Å². The van der Waals surface area contributed by atoms with Crippen LogP contribution >= 0.6 is 0 Å². The van der Waals surface area contributed by atoms with Crippen molar-refractivity contribution in [3.8, 4) is 5.75 Å². The van der Waals surface area contributed by atoms with Crippen molar-refractivity contribution >= 4 is 0 Å². The Morgan fingerprint density at radius 2 is 2.12 bits per heavy atom. The molecule has 0 aliphatic rings. The van der Waals surface area contributed by atoms with E-state index < -0.39 is 0 Å². The molecular weight excluding hydrogens is 108 g/mol. The molecule has 3 N–H and O–H groups in total. The smallest absolute Gasteiger partial charge is 0.137 e. The third kappa shape index (κ3) is 1.53. The van der Waals surface area contributed by atoms with E-state index in [1.165, 1.54) is 18.5 Å². The summed E-state index contributed by atoms with van der Waals surface area (Å²) in [6, 6.07) is 1.47. The molecule has 0 amide bonds. The van der Waals surface area contributed by atoms with Gasteiger partial charge in [0.25, 0.3) is 0 Å². The first-order chi connectivity index (χ1) is 3.39. The van der Waals surface area contributed by atoms with Crippen molar-refractivity contribution in [2.75, 3.05) is 0 Å². The number of hydrogen-bond acceptors (Lipinski definition) is 3. The Bertz CT molecular complexity index is 142. The van der Waals surface area contributed by atoms with Gasteiger partial charge in [-0.3, -0.25) is 0 Å². The topological polar surface area (TPSA) is 77.5 Å². The zero-order valence-electron chi connectivity index (χ0n) is 4.07. The lowest BCUT2D eigenvalue weighted by Crippen LogP contribution is -1.72. The molecule has 1 aromatic rings. The molecule has 0 saturated carbocycles. The first kappa shape index (κ1) is 6.84. The molecular formula is C4H6N2O2. The summed E-state index contributed by atoms with van der Waals surface area (Å²) in [5.41, 5.74) is 0. The Morgan fingerprint density at radius 1 is 1.38 bits per heavy atom. The monoisotopic (exact) mass is 114 g/mol. The van der Waals surface area contributed by atoms with Crippen molar-refractivity contribution in [2.24, 2.45) is 0 Å². The van der Waals surface area contributed by atoms with Gasteiger partial charge in [0.1, 0.15) is 5.75 Å². The van der Waals surface area contributed by atoms with Gasteiger partial charge in [0.15, 0.2) is 0 Å². The van der Waals surface area contributed by atoms with Crippen molar-refractivity contribution in [1.29, 1.82) is 0 Å². The molecule has 0 fully saturated rings. The predicted octanol–water partition coefficient (Wildman–Crippen LogP) is -0.643. The van der Waals surface area contributed by atoms with E-state index >= 15 is 0 Å². The zero-order valence-corrected chi connectivity index (χ0v) is 4.07. The van der Waals surface area contributed by atoms with E-state index in [2.05, 4.69) is 10.2 Å². The molecule has 0 atom stereocenters. The summed E-state index contributed by atoms with van der Waals surface area (Å²) in [5.74, 6) is 0.148. The molecule has 1 rings (SSSR count). The van der Waals surface area contributed by atoms with E-state index in [4.69, 9.17) is 5.11 Å². The summed E-state index contributed by atoms with van der Waals surface area (Å²) < 4.78 is 0. The summed E-state index contributed by atoms with van der Waals surface area (Å²) in [6.45, 7) is 0. The van der Waals surface area contributed by atoms with Crippen LogP contribution in [0.5, 0.6) is 5.75 Å². The maximum atomic E-state index is 8.53. The quantitative estimate of drug-likeness (QED) is 0.487. The lowest BCUT2D eigenvalue weighted by Gasteiger charge is -1.80. The Balaban J connectivity index is 0.000000490. The first-order valence-corrected chi connectivity index (χ1v) is 1.85. The van der Waals surface area contributed by atoms with E-state index in [9.17, 15) is 0 Å². The van der Waals surface area contributed by atoms with Crippen LogP contribution in [0.15, 0.2) is 18.5 Å². The van der Waals surface area contributed by atoms with E-state index in [0.717, 1.165) is 0 Å². The van der Waals surface area contributed by atoms with Gasteiger partial charge in [-0.2, -0.15) is 10.2 Å². The number of nitrogens with zero attached hydrogens (tertiary/aromatic N) is 2. The van der Waals surface area contributed by atoms with Gasteiger partial charge in [0.05, 0.1) is 12.4 Å². The van der Waals surface area contributed by atoms with Crippen molar-refractivity contribution in [1.82, 2.24) is 10.2 Å². The maximum Gasteiger partial charge on any atom is 0.137 e. The Labute approximate surface area is 46.1 Å². The molecule has 0 saturated heterocycles. The van der Waals surface area contributed by atoms with Crippen molar-refractivity contribution < 1.29 is 10.6 Å². The van der Waals surface area contributed by atoms with E-state index in [1.807, 2.05) is 0 Å². The molecule has 0 bridgehead atoms. The van der Waals surface area contributed by atoms with Gasteiger partial charge < -0.3 is 10.6 Å². The fourth-order valence-corrected chi connectivity index (χ4v) is 0.284. The maximum absolute atomic E-state index is 8.53. The second-order valence-corrected chi connectivity index (χ2v) is 1.10. The minimum absolute atomic E-state index is 0. The molecule has 8 heavy (non-hydrogen) atoms. The lowest BCUT2D eigenvalue weighted by molar-refractivity contribution is 0.470. The fraction of sp³-hybridized carbons (Fsp3) is 0. The second kappa shape index (κ2) is 2.92. The summed E-state index contributed by atoms with van der Waals surface area (Å²) in [6.07, 6.45) is 2.70. The average molecular weight is 114 g/mol. The van der Waals surface area contributed by atoms with Crippen LogP contribution in [0.3, 0.4) is 0 Å². The largest absolute Gasteiger partial charge is 0.506 e. The molecule has 0 radical (unpaired) electrons. The summed E-state index contributed by atoms with van der Waals surface area (Å²) >= 11 is 0. The van der Waals surface area contributed by atoms with Crippen LogP contribution in [0.2, 0.25) is 0 Å². The van der Waals surface area contributed by atoms with Crippen LogP contribution in [0.1, 0.15) is 0 Å². The third-order valence-corrected chi connectivity index (χ3v) is 0.569. The molecule has 44 valence electrons. The highest BCUT2D eigenvalue weighted by Gasteiger charge is 1.77. The Morgan fingerprint density at radius 3 is 2.38 bits per heavy atom. The van der Waals surface area contributed by atoms with Gasteiger partial charge in [0, 0.05) is 6.07 Å². The minimum atomic E-state index is 0. The lowest BCUT2D eigenvalue weighted by atomic mass is 10.5. The fourth-order valence-electron chi connectivity index (χ4n) is 0.284. The number of aromatic hydroxyl groups is 1. The molecule has 0 aromatic carbocycles. The molecule has 4 nitrogen and oxygen atoms in total. The highest BCUT2D eigenvalue weighted by Crippen LogP contribution is 1.98. The third-order valence-electron chi connectivity index (χ3n) is 0.569. The predicted molar refractivity (Wildman–Crippen MR) is 27.3 cm³/mol. The zero-order chi connectivity index (χ0) is 5.11. The molecule has 0 spiro atoms. The van der Waals surface area contributed by atoms with Crippen LogP contribution in [-0.2, 0) is 0 Å².